The summed E-state index contributed by atoms with van der Waals surface area (Å²) in [6.07, 6.45) is 2.74. The molecule has 1 rings (SSSR count). The van der Waals surface area contributed by atoms with Crippen LogP contribution in [0.5, 0.6) is 0 Å². The van der Waals surface area contributed by atoms with Gasteiger partial charge in [0.25, 0.3) is 0 Å². The fraction of sp³-hybridized carbons (Fsp3) is 1.00. The average Bonchev–Trinajstić information content (AvgIpc) is 2.21. The van der Waals surface area contributed by atoms with Gasteiger partial charge < -0.3 is 9.80 Å². The Morgan fingerprint density at radius 3 is 2.38 bits per heavy atom. The number of rotatable bonds is 5. The van der Waals surface area contributed by atoms with Crippen molar-refractivity contribution in [2.75, 3.05) is 45.6 Å². The van der Waals surface area contributed by atoms with Crippen molar-refractivity contribution in [1.29, 1.82) is 0 Å². The molecule has 0 bridgehead atoms. The van der Waals surface area contributed by atoms with E-state index in [0.29, 0.717) is 5.41 Å². The van der Waals surface area contributed by atoms with Gasteiger partial charge in [-0.2, -0.15) is 0 Å². The topological polar surface area (TPSA) is 6.48 Å². The van der Waals surface area contributed by atoms with Gasteiger partial charge >= 0.3 is 0 Å². The molecule has 1 aliphatic heterocycles. The molecule has 1 aliphatic rings. The Morgan fingerprint density at radius 2 is 1.88 bits per heavy atom. The molecule has 16 heavy (non-hydrogen) atoms. The van der Waals surface area contributed by atoms with Gasteiger partial charge in [0.05, 0.1) is 0 Å². The third-order valence-electron chi connectivity index (χ3n) is 3.47. The molecule has 1 fully saturated rings. The van der Waals surface area contributed by atoms with Crippen molar-refractivity contribution in [2.45, 2.75) is 26.7 Å². The van der Waals surface area contributed by atoms with Crippen LogP contribution in [0, 0.1) is 11.3 Å². The molecule has 0 atom stereocenters. The quantitative estimate of drug-likeness (QED) is 0.719. The third kappa shape index (κ3) is 5.15. The second-order valence-electron chi connectivity index (χ2n) is 6.24. The summed E-state index contributed by atoms with van der Waals surface area (Å²) in [5.74, 6) is 0.910. The van der Waals surface area contributed by atoms with Crippen LogP contribution in [-0.2, 0) is 0 Å². The van der Waals surface area contributed by atoms with E-state index in [9.17, 15) is 0 Å². The summed E-state index contributed by atoms with van der Waals surface area (Å²) >= 11 is 3.60. The molecule has 0 amide bonds. The summed E-state index contributed by atoms with van der Waals surface area (Å²) in [6, 6.07) is 0. The van der Waals surface area contributed by atoms with Crippen LogP contribution in [0.15, 0.2) is 0 Å². The Balaban J connectivity index is 2.26. The minimum atomic E-state index is 0.389. The highest BCUT2D eigenvalue weighted by Gasteiger charge is 2.22. The molecule has 0 aromatic rings. The Hall–Kier alpha value is 0.400. The normalized spacial score (nSPS) is 20.6. The van der Waals surface area contributed by atoms with E-state index in [-0.39, 0.29) is 0 Å². The van der Waals surface area contributed by atoms with Crippen molar-refractivity contribution in [1.82, 2.24) is 9.80 Å². The first-order valence-electron chi connectivity index (χ1n) is 6.36. The maximum absolute atomic E-state index is 3.60. The molecule has 1 saturated heterocycles. The number of nitrogens with zero attached hydrogens (tertiary/aromatic N) is 2. The molecule has 96 valence electrons. The molecule has 0 saturated carbocycles. The zero-order valence-corrected chi connectivity index (χ0v) is 12.9. The van der Waals surface area contributed by atoms with Gasteiger partial charge in [-0.3, -0.25) is 0 Å². The number of halogens is 1. The number of hydrogen-bond donors (Lipinski definition) is 0. The van der Waals surface area contributed by atoms with E-state index in [4.69, 9.17) is 0 Å². The van der Waals surface area contributed by atoms with Gasteiger partial charge in [-0.1, -0.05) is 29.8 Å². The van der Waals surface area contributed by atoms with E-state index in [1.165, 1.54) is 39.0 Å². The fourth-order valence-corrected chi connectivity index (χ4v) is 2.70. The van der Waals surface area contributed by atoms with E-state index in [0.717, 1.165) is 11.2 Å². The van der Waals surface area contributed by atoms with E-state index in [2.05, 4.69) is 53.7 Å². The highest BCUT2D eigenvalue weighted by atomic mass is 79.9. The van der Waals surface area contributed by atoms with Crippen molar-refractivity contribution in [2.24, 2.45) is 11.3 Å². The van der Waals surface area contributed by atoms with Crippen molar-refractivity contribution in [3.05, 3.63) is 0 Å². The maximum atomic E-state index is 3.60. The maximum Gasteiger partial charge on any atom is 0.00949 e. The zero-order chi connectivity index (χ0) is 12.2. The Morgan fingerprint density at radius 1 is 1.31 bits per heavy atom. The Bertz CT molecular complexity index is 198. The van der Waals surface area contributed by atoms with Gasteiger partial charge in [0.2, 0.25) is 0 Å². The van der Waals surface area contributed by atoms with Gasteiger partial charge in [0.1, 0.15) is 0 Å². The predicted octanol–water partition coefficient (Wildman–Crippen LogP) is 2.68. The second kappa shape index (κ2) is 6.36. The third-order valence-corrected chi connectivity index (χ3v) is 4.99. The van der Waals surface area contributed by atoms with Crippen molar-refractivity contribution in [3.63, 3.8) is 0 Å². The smallest absolute Gasteiger partial charge is 0.00949 e. The Kier molecular flexibility index (Phi) is 5.75. The first-order valence-corrected chi connectivity index (χ1v) is 7.48. The lowest BCUT2D eigenvalue weighted by Gasteiger charge is -2.34. The summed E-state index contributed by atoms with van der Waals surface area (Å²) in [5.41, 5.74) is 0.389. The molecule has 0 aliphatic carbocycles. The van der Waals surface area contributed by atoms with Crippen LogP contribution >= 0.6 is 15.9 Å². The summed E-state index contributed by atoms with van der Waals surface area (Å²) in [4.78, 5) is 4.95. The zero-order valence-electron chi connectivity index (χ0n) is 11.3. The van der Waals surface area contributed by atoms with Gasteiger partial charge in [-0.25, -0.2) is 0 Å². The van der Waals surface area contributed by atoms with Crippen molar-refractivity contribution in [3.8, 4) is 0 Å². The molecule has 0 N–H and O–H groups in total. The molecular weight excluding hydrogens is 264 g/mol. The molecule has 1 heterocycles. The molecule has 0 aromatic carbocycles. The molecule has 2 nitrogen and oxygen atoms in total. The average molecular weight is 291 g/mol. The van der Waals surface area contributed by atoms with Crippen LogP contribution < -0.4 is 0 Å². The molecular formula is C13H27BrN2. The molecule has 0 unspecified atom stereocenters. The van der Waals surface area contributed by atoms with Crippen LogP contribution in [0.3, 0.4) is 0 Å². The SMILES string of the molecule is CN1CCC(CN(C)CC(C)(C)CBr)CC1. The van der Waals surface area contributed by atoms with Crippen LogP contribution in [0.4, 0.5) is 0 Å². The van der Waals surface area contributed by atoms with Gasteiger partial charge in [-0.05, 0) is 51.4 Å². The van der Waals surface area contributed by atoms with Crippen molar-refractivity contribution < 1.29 is 0 Å². The lowest BCUT2D eigenvalue weighted by Crippen LogP contribution is -2.39. The summed E-state index contributed by atoms with van der Waals surface area (Å²) < 4.78 is 0. The monoisotopic (exact) mass is 290 g/mol. The lowest BCUT2D eigenvalue weighted by molar-refractivity contribution is 0.153. The van der Waals surface area contributed by atoms with Gasteiger partial charge in [0.15, 0.2) is 0 Å². The number of hydrogen-bond acceptors (Lipinski definition) is 2. The molecule has 0 radical (unpaired) electrons. The lowest BCUT2D eigenvalue weighted by atomic mass is 9.93. The van der Waals surface area contributed by atoms with E-state index >= 15 is 0 Å². The summed E-state index contributed by atoms with van der Waals surface area (Å²) in [5, 5.41) is 1.08. The highest BCUT2D eigenvalue weighted by Crippen LogP contribution is 2.22. The van der Waals surface area contributed by atoms with Crippen LogP contribution in [-0.4, -0.2) is 55.4 Å². The Labute approximate surface area is 109 Å². The van der Waals surface area contributed by atoms with Crippen LogP contribution in [0.2, 0.25) is 0 Å². The first-order chi connectivity index (χ1) is 7.43. The minimum absolute atomic E-state index is 0.389. The highest BCUT2D eigenvalue weighted by molar-refractivity contribution is 9.09. The van der Waals surface area contributed by atoms with Crippen LogP contribution in [0.1, 0.15) is 26.7 Å². The van der Waals surface area contributed by atoms with E-state index < -0.39 is 0 Å². The minimum Gasteiger partial charge on any atom is -0.306 e. The number of piperidine rings is 1. The largest absolute Gasteiger partial charge is 0.306 e. The number of alkyl halides is 1. The molecule has 3 heteroatoms. The van der Waals surface area contributed by atoms with Gasteiger partial charge in [-0.15, -0.1) is 0 Å². The van der Waals surface area contributed by atoms with Gasteiger partial charge in [0, 0.05) is 18.4 Å². The van der Waals surface area contributed by atoms with Crippen LogP contribution in [0.25, 0.3) is 0 Å². The molecule has 0 spiro atoms. The summed E-state index contributed by atoms with van der Waals surface area (Å²) in [7, 11) is 4.50. The number of likely N-dealkylation sites (tertiary alicyclic amines) is 1. The van der Waals surface area contributed by atoms with E-state index in [1.54, 1.807) is 0 Å². The van der Waals surface area contributed by atoms with E-state index in [1.807, 2.05) is 0 Å². The summed E-state index contributed by atoms with van der Waals surface area (Å²) in [6.45, 7) is 9.66. The second-order valence-corrected chi connectivity index (χ2v) is 6.80. The van der Waals surface area contributed by atoms with Crippen molar-refractivity contribution >= 4 is 15.9 Å². The predicted molar refractivity (Wildman–Crippen MR) is 75.3 cm³/mol. The fourth-order valence-electron chi connectivity index (χ4n) is 2.52. The first kappa shape index (κ1) is 14.5. The standard InChI is InChI=1S/C13H27BrN2/c1-13(2,10-14)11-16(4)9-12-5-7-15(3)8-6-12/h12H,5-11H2,1-4H3. The molecule has 0 aromatic heterocycles.